The summed E-state index contributed by atoms with van der Waals surface area (Å²) in [5, 5.41) is 5.19. The maximum atomic E-state index is 13.3. The number of anilines is 2. The van der Waals surface area contributed by atoms with Gasteiger partial charge in [0.2, 0.25) is 5.95 Å². The van der Waals surface area contributed by atoms with Crippen LogP contribution in [0.4, 0.5) is 38.0 Å². The number of hydrogen-bond donors (Lipinski definition) is 2. The van der Waals surface area contributed by atoms with Crippen molar-refractivity contribution in [1.82, 2.24) is 29.6 Å². The van der Waals surface area contributed by atoms with Gasteiger partial charge in [0.15, 0.2) is 14.4 Å². The van der Waals surface area contributed by atoms with Crippen molar-refractivity contribution in [3.8, 4) is 0 Å². The lowest BCUT2D eigenvalue weighted by atomic mass is 10.2. The smallest absolute Gasteiger partial charge is 0.410 e. The highest BCUT2D eigenvalue weighted by atomic mass is 28.3. The predicted molar refractivity (Wildman–Crippen MR) is 132 cm³/mol. The molecule has 2 N–H and O–H groups in total. The Labute approximate surface area is 223 Å². The van der Waals surface area contributed by atoms with Crippen molar-refractivity contribution >= 4 is 26.5 Å². The number of pyridine rings is 1. The van der Waals surface area contributed by atoms with Gasteiger partial charge in [-0.1, -0.05) is 6.55 Å². The largest absolute Gasteiger partial charge is 0.423 e. The highest BCUT2D eigenvalue weighted by Gasteiger charge is 2.37. The average molecular weight is 589 g/mol. The van der Waals surface area contributed by atoms with Crippen LogP contribution in [0.25, 0.3) is 0 Å². The van der Waals surface area contributed by atoms with Gasteiger partial charge in [0, 0.05) is 63.2 Å². The van der Waals surface area contributed by atoms with Gasteiger partial charge in [0.25, 0.3) is 11.5 Å². The summed E-state index contributed by atoms with van der Waals surface area (Å²) in [6.07, 6.45) is -4.32. The number of alkyl halides is 6. The van der Waals surface area contributed by atoms with Crippen LogP contribution in [0.3, 0.4) is 0 Å². The molecule has 1 amide bonds. The van der Waals surface area contributed by atoms with E-state index >= 15 is 0 Å². The van der Waals surface area contributed by atoms with E-state index in [2.05, 4.69) is 20.0 Å². The van der Waals surface area contributed by atoms with Gasteiger partial charge in [-0.3, -0.25) is 14.4 Å². The lowest BCUT2D eigenvalue weighted by Gasteiger charge is -2.34. The van der Waals surface area contributed by atoms with Crippen molar-refractivity contribution < 1.29 is 31.1 Å². The number of aromatic amines is 1. The third-order valence-electron chi connectivity index (χ3n) is 6.05. The zero-order valence-electron chi connectivity index (χ0n) is 20.8. The Morgan fingerprint density at radius 3 is 2.27 bits per heavy atom. The maximum absolute atomic E-state index is 13.3. The van der Waals surface area contributed by atoms with Crippen LogP contribution in [0, 0.1) is 0 Å². The molecule has 0 aromatic carbocycles. The Hall–Kier alpha value is -4.22. The minimum atomic E-state index is -4.90. The summed E-state index contributed by atoms with van der Waals surface area (Å²) < 4.78 is 79.7. The molecule has 4 rings (SSSR count). The van der Waals surface area contributed by atoms with E-state index in [0.29, 0.717) is 12.4 Å². The Balaban J connectivity index is 1.41. The van der Waals surface area contributed by atoms with Crippen LogP contribution in [0.5, 0.6) is 0 Å². The monoisotopic (exact) mass is 588 g/mol. The number of aromatic nitrogens is 5. The van der Waals surface area contributed by atoms with Gasteiger partial charge in [0.1, 0.15) is 11.1 Å². The van der Waals surface area contributed by atoms with Gasteiger partial charge in [-0.25, -0.2) is 15.1 Å². The third-order valence-corrected chi connectivity index (χ3v) is 7.82. The van der Waals surface area contributed by atoms with E-state index in [1.54, 1.807) is 16.5 Å². The summed E-state index contributed by atoms with van der Waals surface area (Å²) in [6.45, 7) is 2.43. The quantitative estimate of drug-likeness (QED) is 0.329. The summed E-state index contributed by atoms with van der Waals surface area (Å²) in [5.74, 6) is -0.481. The zero-order chi connectivity index (χ0) is 29.2. The van der Waals surface area contributed by atoms with Crippen LogP contribution in [0.1, 0.15) is 21.5 Å². The van der Waals surface area contributed by atoms with Crippen molar-refractivity contribution in [2.45, 2.75) is 25.1 Å². The van der Waals surface area contributed by atoms with Crippen molar-refractivity contribution in [1.29, 1.82) is 0 Å². The summed E-state index contributed by atoms with van der Waals surface area (Å²) in [7, 11) is -2.23. The van der Waals surface area contributed by atoms with Crippen molar-refractivity contribution in [2.75, 3.05) is 36.1 Å². The number of nitrogens with one attached hydrogen (secondary N) is 2. The SMILES string of the molecule is C[Si@@H](Cn1ccc(=O)c(C(=O)N2CCN(c3ncc(C(F)(F)F)cn3)CC2)c1)Nc1cn[nH]c(=O)c1C(F)(F)F. The lowest BCUT2D eigenvalue weighted by molar-refractivity contribution is -0.138. The van der Waals surface area contributed by atoms with Gasteiger partial charge >= 0.3 is 12.4 Å². The van der Waals surface area contributed by atoms with E-state index in [9.17, 15) is 40.7 Å². The maximum Gasteiger partial charge on any atom is 0.423 e. The van der Waals surface area contributed by atoms with Gasteiger partial charge in [-0.2, -0.15) is 31.4 Å². The molecule has 214 valence electrons. The Morgan fingerprint density at radius 2 is 1.68 bits per heavy atom. The Morgan fingerprint density at radius 1 is 1.02 bits per heavy atom. The second kappa shape index (κ2) is 11.1. The minimum Gasteiger partial charge on any atom is -0.410 e. The van der Waals surface area contributed by atoms with Crippen molar-refractivity contribution in [3.63, 3.8) is 0 Å². The summed E-state index contributed by atoms with van der Waals surface area (Å²) in [6, 6.07) is 1.18. The molecule has 0 saturated carbocycles. The highest BCUT2D eigenvalue weighted by molar-refractivity contribution is 6.59. The van der Waals surface area contributed by atoms with Gasteiger partial charge < -0.3 is 19.3 Å². The van der Waals surface area contributed by atoms with Gasteiger partial charge in [0.05, 0.1) is 17.4 Å². The first kappa shape index (κ1) is 28.8. The third kappa shape index (κ3) is 6.49. The van der Waals surface area contributed by atoms with E-state index in [1.165, 1.54) is 27.9 Å². The molecule has 40 heavy (non-hydrogen) atoms. The molecule has 0 unspecified atom stereocenters. The molecule has 0 aliphatic carbocycles. The summed E-state index contributed by atoms with van der Waals surface area (Å²) >= 11 is 0. The summed E-state index contributed by atoms with van der Waals surface area (Å²) in [4.78, 5) is 50.5. The molecule has 0 spiro atoms. The molecular formula is C22H22F6N8O3Si. The van der Waals surface area contributed by atoms with Crippen LogP contribution in [-0.2, 0) is 18.5 Å². The molecule has 1 aliphatic rings. The number of amides is 1. The highest BCUT2D eigenvalue weighted by Crippen LogP contribution is 2.31. The number of rotatable bonds is 6. The normalized spacial score (nSPS) is 15.2. The number of carbonyl (C=O) groups is 1. The van der Waals surface area contributed by atoms with E-state index in [0.717, 1.165) is 6.20 Å². The standard InChI is InChI=1S/C22H22F6N8O3Si/c1-40(33-15-10-31-32-18(38)17(15)22(26,27)28)12-34-3-2-16(37)14(11-34)19(39)35-4-6-36(7-5-35)20-29-8-13(9-30-20)21(23,24)25/h2-3,8-11,40H,4-7,12H2,1H3,(H2,32,33,38)/t40-/m0/s1. The number of hydrogen-bond acceptors (Lipinski definition) is 8. The van der Waals surface area contributed by atoms with E-state index < -0.39 is 55.0 Å². The van der Waals surface area contributed by atoms with Gasteiger partial charge in [-0.15, -0.1) is 0 Å². The molecule has 3 aromatic rings. The lowest BCUT2D eigenvalue weighted by Crippen LogP contribution is -2.50. The number of nitrogens with zero attached hydrogens (tertiary/aromatic N) is 6. The molecular weight excluding hydrogens is 566 g/mol. The zero-order valence-corrected chi connectivity index (χ0v) is 21.9. The van der Waals surface area contributed by atoms with E-state index in [-0.39, 0.29) is 43.9 Å². The number of halogens is 6. The second-order valence-electron chi connectivity index (χ2n) is 9.00. The molecule has 0 radical (unpaired) electrons. The van der Waals surface area contributed by atoms with Crippen LogP contribution >= 0.6 is 0 Å². The van der Waals surface area contributed by atoms with Crippen molar-refractivity contribution in [2.24, 2.45) is 0 Å². The van der Waals surface area contributed by atoms with Crippen LogP contribution < -0.4 is 20.9 Å². The average Bonchev–Trinajstić information content (AvgIpc) is 2.88. The predicted octanol–water partition coefficient (Wildman–Crippen LogP) is 1.73. The number of piperazine rings is 1. The first-order valence-electron chi connectivity index (χ1n) is 11.8. The number of carbonyl (C=O) groups excluding carboxylic acids is 1. The first-order chi connectivity index (χ1) is 18.7. The fraction of sp³-hybridized carbons (Fsp3) is 0.364. The molecule has 18 heteroatoms. The molecule has 3 aromatic heterocycles. The Bertz CT molecular complexity index is 1480. The molecule has 1 atom stereocenters. The first-order valence-corrected chi connectivity index (χ1v) is 14.3. The molecule has 1 aliphatic heterocycles. The minimum absolute atomic E-state index is 0.0814. The van der Waals surface area contributed by atoms with Crippen LogP contribution in [-0.4, -0.2) is 70.7 Å². The molecule has 4 heterocycles. The van der Waals surface area contributed by atoms with E-state index in [4.69, 9.17) is 0 Å². The van der Waals surface area contributed by atoms with Crippen LogP contribution in [0.15, 0.2) is 46.6 Å². The van der Waals surface area contributed by atoms with E-state index in [1.807, 2.05) is 0 Å². The Kier molecular flexibility index (Phi) is 7.99. The topological polar surface area (TPSA) is 129 Å². The van der Waals surface area contributed by atoms with Gasteiger partial charge in [-0.05, 0) is 0 Å². The van der Waals surface area contributed by atoms with Crippen molar-refractivity contribution in [3.05, 3.63) is 74.3 Å². The fourth-order valence-corrected chi connectivity index (χ4v) is 5.83. The fourth-order valence-electron chi connectivity index (χ4n) is 4.13. The molecule has 1 fully saturated rings. The van der Waals surface area contributed by atoms with Crippen LogP contribution in [0.2, 0.25) is 6.55 Å². The second-order valence-corrected chi connectivity index (χ2v) is 11.5. The summed E-state index contributed by atoms with van der Waals surface area (Å²) in [5.41, 5.74) is -4.89. The molecule has 11 nitrogen and oxygen atoms in total. The number of H-pyrrole nitrogens is 1. The molecule has 0 bridgehead atoms. The molecule has 1 saturated heterocycles.